The summed E-state index contributed by atoms with van der Waals surface area (Å²) in [5.74, 6) is -2.01. The third-order valence-corrected chi connectivity index (χ3v) is 11.2. The fraction of sp³-hybridized carbons (Fsp3) is 0.865. The van der Waals surface area contributed by atoms with Crippen molar-refractivity contribution in [1.82, 2.24) is 0 Å². The van der Waals surface area contributed by atoms with E-state index in [2.05, 4.69) is 38.2 Å². The first-order valence-corrected chi connectivity index (χ1v) is 25.5. The molecular weight excluding hydrogens is 767 g/mol. The van der Waals surface area contributed by atoms with Gasteiger partial charge in [0.1, 0.15) is 13.2 Å². The zero-order valence-electron chi connectivity index (χ0n) is 40.6. The molecule has 0 aromatic heterocycles. The van der Waals surface area contributed by atoms with Crippen LogP contribution in [0.1, 0.15) is 232 Å². The van der Waals surface area contributed by atoms with Crippen LogP contribution in [0.2, 0.25) is 0 Å². The maximum Gasteiger partial charge on any atom is 0.361 e. The van der Waals surface area contributed by atoms with Crippen LogP contribution in [0.25, 0.3) is 0 Å². The van der Waals surface area contributed by atoms with E-state index in [-0.39, 0.29) is 32.2 Å². The first-order valence-electron chi connectivity index (χ1n) is 25.5. The Morgan fingerprint density at radius 3 is 1.21 bits per heavy atom. The number of nitrogens with zero attached hydrogens (tertiary/aromatic N) is 1. The number of carboxylic acid groups (broad SMARTS) is 1. The second-order valence-corrected chi connectivity index (χ2v) is 18.5. The van der Waals surface area contributed by atoms with Crippen LogP contribution in [-0.4, -0.2) is 87.4 Å². The van der Waals surface area contributed by atoms with Crippen LogP contribution in [0.3, 0.4) is 0 Å². The first-order chi connectivity index (χ1) is 29.6. The lowest BCUT2D eigenvalue weighted by molar-refractivity contribution is -0.870. The van der Waals surface area contributed by atoms with E-state index in [0.717, 1.165) is 51.4 Å². The molecule has 0 aromatic rings. The van der Waals surface area contributed by atoms with Gasteiger partial charge in [-0.15, -0.1) is 0 Å². The van der Waals surface area contributed by atoms with Gasteiger partial charge in [0.25, 0.3) is 6.29 Å². The van der Waals surface area contributed by atoms with Crippen LogP contribution in [0, 0.1) is 0 Å². The van der Waals surface area contributed by atoms with Gasteiger partial charge < -0.3 is 28.5 Å². The van der Waals surface area contributed by atoms with Crippen molar-refractivity contribution in [3.05, 3.63) is 24.3 Å². The van der Waals surface area contributed by atoms with Crippen molar-refractivity contribution in [2.24, 2.45) is 0 Å². The molecule has 9 nitrogen and oxygen atoms in total. The molecule has 0 aliphatic carbocycles. The summed E-state index contributed by atoms with van der Waals surface area (Å²) in [7, 11) is 5.96. The van der Waals surface area contributed by atoms with Gasteiger partial charge in [0.05, 0.1) is 34.4 Å². The van der Waals surface area contributed by atoms with E-state index in [1.54, 1.807) is 0 Å². The van der Waals surface area contributed by atoms with Crippen molar-refractivity contribution in [3.8, 4) is 0 Å². The molecule has 0 fully saturated rings. The van der Waals surface area contributed by atoms with Gasteiger partial charge in [-0.1, -0.05) is 179 Å². The maximum absolute atomic E-state index is 12.8. The van der Waals surface area contributed by atoms with E-state index in [9.17, 15) is 19.5 Å². The van der Waals surface area contributed by atoms with Crippen LogP contribution >= 0.6 is 0 Å². The molecule has 0 amide bonds. The Morgan fingerprint density at radius 1 is 0.475 bits per heavy atom. The molecule has 61 heavy (non-hydrogen) atoms. The number of carboxylic acids is 1. The quantitative estimate of drug-likeness (QED) is 0.0212. The smallest absolute Gasteiger partial charge is 0.361 e. The van der Waals surface area contributed by atoms with Crippen LogP contribution < -0.4 is 0 Å². The Kier molecular flexibility index (Phi) is 42.8. The molecule has 9 heteroatoms. The Bertz CT molecular complexity index is 1050. The second kappa shape index (κ2) is 44.4. The maximum atomic E-state index is 12.8. The Hall–Kier alpha value is -2.23. The summed E-state index contributed by atoms with van der Waals surface area (Å²) < 4.78 is 22.8. The zero-order chi connectivity index (χ0) is 44.9. The van der Waals surface area contributed by atoms with Crippen molar-refractivity contribution in [3.63, 3.8) is 0 Å². The van der Waals surface area contributed by atoms with Crippen molar-refractivity contribution >= 4 is 17.9 Å². The van der Waals surface area contributed by atoms with Gasteiger partial charge in [0.2, 0.25) is 0 Å². The van der Waals surface area contributed by atoms with Gasteiger partial charge in [-0.25, -0.2) is 4.79 Å². The van der Waals surface area contributed by atoms with E-state index in [1.165, 1.54) is 154 Å². The molecule has 0 saturated heterocycles. The van der Waals surface area contributed by atoms with Gasteiger partial charge in [0, 0.05) is 12.8 Å². The summed E-state index contributed by atoms with van der Waals surface area (Å²) in [6.45, 7) is 4.88. The summed E-state index contributed by atoms with van der Waals surface area (Å²) in [4.78, 5) is 37.2. The van der Waals surface area contributed by atoms with E-state index in [0.29, 0.717) is 17.4 Å². The van der Waals surface area contributed by atoms with E-state index in [1.807, 2.05) is 21.1 Å². The Labute approximate surface area is 376 Å². The largest absolute Gasteiger partial charge is 0.477 e. The Morgan fingerprint density at radius 2 is 0.836 bits per heavy atom. The molecule has 0 bridgehead atoms. The average molecular weight is 865 g/mol. The van der Waals surface area contributed by atoms with E-state index in [4.69, 9.17) is 18.9 Å². The monoisotopic (exact) mass is 865 g/mol. The predicted molar refractivity (Wildman–Crippen MR) is 254 cm³/mol. The fourth-order valence-corrected chi connectivity index (χ4v) is 7.18. The van der Waals surface area contributed by atoms with Gasteiger partial charge in [-0.05, 0) is 64.2 Å². The molecule has 0 aromatic carbocycles. The van der Waals surface area contributed by atoms with Gasteiger partial charge in [-0.2, -0.15) is 0 Å². The number of carbonyl (C=O) groups excluding carboxylic acids is 2. The number of allylic oxidation sites excluding steroid dienone is 4. The highest BCUT2D eigenvalue weighted by molar-refractivity contribution is 5.71. The molecule has 0 saturated carbocycles. The molecule has 0 rings (SSSR count). The minimum absolute atomic E-state index is 0.183. The predicted octanol–water partition coefficient (Wildman–Crippen LogP) is 14.0. The first kappa shape index (κ1) is 58.8. The van der Waals surface area contributed by atoms with E-state index < -0.39 is 24.3 Å². The SMILES string of the molecule is CCCCCCCCC/C=C\CCCCCCCCCC(=O)OCC(COC(OCC[N+](C)(C)C)C(=O)O)OC(=O)CCCCCCCCC/C=C\CCCCCCCCC. The van der Waals surface area contributed by atoms with Crippen LogP contribution in [0.4, 0.5) is 0 Å². The number of aliphatic carboxylic acids is 1. The number of ether oxygens (including phenoxy) is 4. The molecule has 0 radical (unpaired) electrons. The van der Waals surface area contributed by atoms with Crippen LogP contribution in [0.15, 0.2) is 24.3 Å². The normalized spacial score (nSPS) is 13.0. The lowest BCUT2D eigenvalue weighted by atomic mass is 10.1. The number of quaternary nitrogens is 1. The zero-order valence-corrected chi connectivity index (χ0v) is 40.6. The van der Waals surface area contributed by atoms with Gasteiger partial charge >= 0.3 is 17.9 Å². The topological polar surface area (TPSA) is 108 Å². The van der Waals surface area contributed by atoms with Crippen molar-refractivity contribution in [2.75, 3.05) is 47.5 Å². The number of hydrogen-bond acceptors (Lipinski definition) is 7. The highest BCUT2D eigenvalue weighted by Gasteiger charge is 2.25. The lowest BCUT2D eigenvalue weighted by Gasteiger charge is -2.25. The van der Waals surface area contributed by atoms with Gasteiger partial charge in [0.15, 0.2) is 6.10 Å². The van der Waals surface area contributed by atoms with Gasteiger partial charge in [-0.3, -0.25) is 9.59 Å². The summed E-state index contributed by atoms with van der Waals surface area (Å²) >= 11 is 0. The van der Waals surface area contributed by atoms with Crippen molar-refractivity contribution in [2.45, 2.75) is 245 Å². The molecule has 358 valence electrons. The molecule has 0 aliphatic rings. The minimum atomic E-state index is -1.51. The molecule has 0 aliphatic heterocycles. The standard InChI is InChI=1S/C52H97NO8/c1-6-8-10-12-14-16-18-20-22-24-26-28-30-32-34-36-38-40-42-49(54)59-46-48(47-60-52(51(56)57)58-45-44-53(3,4)5)61-50(55)43-41-39-37-35-33-31-29-27-25-23-21-19-17-15-13-11-9-7-2/h22-25,48,52H,6-21,26-47H2,1-5H3/p+1/b24-22-,25-23-. The summed E-state index contributed by atoms with van der Waals surface area (Å²) in [5, 5.41) is 9.66. The molecule has 1 N–H and O–H groups in total. The lowest BCUT2D eigenvalue weighted by Crippen LogP contribution is -2.40. The van der Waals surface area contributed by atoms with Crippen LogP contribution in [0.5, 0.6) is 0 Å². The van der Waals surface area contributed by atoms with Crippen LogP contribution in [-0.2, 0) is 33.3 Å². The summed E-state index contributed by atoms with van der Waals surface area (Å²) in [6.07, 6.45) is 46.6. The number of rotatable bonds is 47. The fourth-order valence-electron chi connectivity index (χ4n) is 7.18. The third kappa shape index (κ3) is 45.6. The van der Waals surface area contributed by atoms with E-state index >= 15 is 0 Å². The number of likely N-dealkylation sites (N-methyl/N-ethyl adjacent to an activating group) is 1. The number of hydrogen-bond donors (Lipinski definition) is 1. The number of carbonyl (C=O) groups is 3. The minimum Gasteiger partial charge on any atom is -0.477 e. The highest BCUT2D eigenvalue weighted by Crippen LogP contribution is 2.15. The van der Waals surface area contributed by atoms with Crippen molar-refractivity contribution in [1.29, 1.82) is 0 Å². The number of unbranched alkanes of at least 4 members (excludes halogenated alkanes) is 28. The molecule has 0 heterocycles. The number of esters is 2. The molecular formula is C52H98NO8+. The van der Waals surface area contributed by atoms with Crippen molar-refractivity contribution < 1.29 is 42.9 Å². The Balaban J connectivity index is 4.35. The summed E-state index contributed by atoms with van der Waals surface area (Å²) in [6, 6.07) is 0. The molecule has 0 spiro atoms. The third-order valence-electron chi connectivity index (χ3n) is 11.2. The second-order valence-electron chi connectivity index (χ2n) is 18.5. The average Bonchev–Trinajstić information content (AvgIpc) is 3.22. The summed E-state index contributed by atoms with van der Waals surface area (Å²) in [5.41, 5.74) is 0. The molecule has 2 atom stereocenters. The highest BCUT2D eigenvalue weighted by atomic mass is 16.7. The molecule has 2 unspecified atom stereocenters.